The van der Waals surface area contributed by atoms with Crippen LogP contribution >= 0.6 is 0 Å². The van der Waals surface area contributed by atoms with Crippen LogP contribution in [0.1, 0.15) is 58.7 Å². The van der Waals surface area contributed by atoms with Crippen molar-refractivity contribution in [3.05, 3.63) is 48.3 Å². The molecule has 9 heteroatoms. The number of aromatic nitrogens is 2. The van der Waals surface area contributed by atoms with Crippen LogP contribution in [0.4, 0.5) is 11.4 Å². The first-order valence-corrected chi connectivity index (χ1v) is 14.0. The number of nitrogens with zero attached hydrogens (tertiary/aromatic N) is 3. The zero-order valence-corrected chi connectivity index (χ0v) is 22.4. The number of anilines is 2. The predicted molar refractivity (Wildman–Crippen MR) is 145 cm³/mol. The fourth-order valence-electron chi connectivity index (χ4n) is 4.93. The van der Waals surface area contributed by atoms with Crippen LogP contribution in [-0.2, 0) is 26.8 Å². The number of sulfonamides is 1. The molecule has 2 aromatic carbocycles. The summed E-state index contributed by atoms with van der Waals surface area (Å²) in [6.07, 6.45) is 6.40. The highest BCUT2D eigenvalue weighted by molar-refractivity contribution is 7.92. The lowest BCUT2D eigenvalue weighted by molar-refractivity contribution is -0.116. The maximum atomic E-state index is 13.3. The van der Waals surface area contributed by atoms with Gasteiger partial charge in [0, 0.05) is 24.7 Å². The number of amides is 1. The van der Waals surface area contributed by atoms with Gasteiger partial charge in [-0.3, -0.25) is 9.10 Å². The molecule has 1 aliphatic carbocycles. The summed E-state index contributed by atoms with van der Waals surface area (Å²) in [5.41, 5.74) is 8.05. The van der Waals surface area contributed by atoms with Crippen LogP contribution in [0.25, 0.3) is 11.0 Å². The van der Waals surface area contributed by atoms with Crippen molar-refractivity contribution in [2.45, 2.75) is 69.7 Å². The maximum Gasteiger partial charge on any atom is 0.264 e. The third-order valence-corrected chi connectivity index (χ3v) is 8.71. The second-order valence-corrected chi connectivity index (χ2v) is 12.8. The number of hydrogen-bond donors (Lipinski definition) is 2. The molecule has 194 valence electrons. The summed E-state index contributed by atoms with van der Waals surface area (Å²) in [5.74, 6) is 1.20. The first kappa shape index (κ1) is 26.0. The number of carbonyl (C=O) groups is 1. The Morgan fingerprint density at radius 3 is 2.39 bits per heavy atom. The maximum absolute atomic E-state index is 13.3. The largest absolute Gasteiger partial charge is 0.376 e. The molecule has 1 aromatic heterocycles. The molecule has 0 bridgehead atoms. The summed E-state index contributed by atoms with van der Waals surface area (Å²) in [5, 5.41) is 2.86. The normalized spacial score (nSPS) is 15.2. The lowest BCUT2D eigenvalue weighted by atomic mass is 9.88. The minimum atomic E-state index is -3.78. The average molecular weight is 512 g/mol. The highest BCUT2D eigenvalue weighted by Crippen LogP contribution is 2.33. The topological polar surface area (TPSA) is 110 Å². The van der Waals surface area contributed by atoms with Crippen LogP contribution in [0.5, 0.6) is 0 Å². The van der Waals surface area contributed by atoms with Crippen molar-refractivity contribution in [3.8, 4) is 0 Å². The highest BCUT2D eigenvalue weighted by atomic mass is 32.2. The number of carbonyl (C=O) groups excluding carboxylic acids is 1. The van der Waals surface area contributed by atoms with Crippen LogP contribution in [-0.4, -0.2) is 37.5 Å². The Bertz CT molecular complexity index is 1330. The Morgan fingerprint density at radius 2 is 1.78 bits per heavy atom. The van der Waals surface area contributed by atoms with E-state index in [1.807, 2.05) is 18.2 Å². The lowest BCUT2D eigenvalue weighted by Crippen LogP contribution is -2.26. The number of nitrogens with two attached hydrogens (primary N) is 1. The van der Waals surface area contributed by atoms with Crippen molar-refractivity contribution in [2.75, 3.05) is 23.2 Å². The minimum Gasteiger partial charge on any atom is -0.376 e. The molecule has 4 rings (SSSR count). The van der Waals surface area contributed by atoms with Gasteiger partial charge in [0.25, 0.3) is 10.0 Å². The number of fused-ring (bicyclic) bond motifs is 1. The van der Waals surface area contributed by atoms with E-state index in [4.69, 9.17) is 10.7 Å². The molecule has 0 unspecified atom stereocenters. The number of primary amides is 1. The number of nitrogens with one attached hydrogen (secondary N) is 1. The van der Waals surface area contributed by atoms with Crippen molar-refractivity contribution in [1.82, 2.24) is 9.55 Å². The van der Waals surface area contributed by atoms with Crippen molar-refractivity contribution < 1.29 is 13.2 Å². The molecule has 36 heavy (non-hydrogen) atoms. The van der Waals surface area contributed by atoms with Crippen molar-refractivity contribution in [2.24, 2.45) is 11.7 Å². The molecule has 3 N–H and O–H groups in total. The molecule has 8 nitrogen and oxygen atoms in total. The Hall–Kier alpha value is -3.07. The zero-order chi connectivity index (χ0) is 26.1. The van der Waals surface area contributed by atoms with Gasteiger partial charge >= 0.3 is 0 Å². The van der Waals surface area contributed by atoms with E-state index < -0.39 is 15.9 Å². The second kappa shape index (κ2) is 10.1. The highest BCUT2D eigenvalue weighted by Gasteiger charge is 2.27. The van der Waals surface area contributed by atoms with E-state index in [2.05, 4.69) is 30.7 Å². The third-order valence-electron chi connectivity index (χ3n) is 6.91. The summed E-state index contributed by atoms with van der Waals surface area (Å²) in [6, 6.07) is 12.0. The van der Waals surface area contributed by atoms with E-state index in [0.717, 1.165) is 23.4 Å². The molecule has 0 aliphatic heterocycles. The molecule has 0 radical (unpaired) electrons. The molecule has 1 fully saturated rings. The monoisotopic (exact) mass is 511 g/mol. The van der Waals surface area contributed by atoms with Gasteiger partial charge in [-0.25, -0.2) is 13.4 Å². The van der Waals surface area contributed by atoms with Gasteiger partial charge in [0.2, 0.25) is 5.91 Å². The Kier molecular flexibility index (Phi) is 7.31. The third kappa shape index (κ3) is 5.51. The Morgan fingerprint density at radius 1 is 1.11 bits per heavy atom. The number of imidazole rings is 1. The van der Waals surface area contributed by atoms with Crippen LogP contribution in [0.2, 0.25) is 0 Å². The second-order valence-electron chi connectivity index (χ2n) is 10.8. The zero-order valence-electron chi connectivity index (χ0n) is 21.6. The average Bonchev–Trinajstić information content (AvgIpc) is 3.21. The first-order chi connectivity index (χ1) is 17.0. The fraction of sp³-hybridized carbons (Fsp3) is 0.481. The van der Waals surface area contributed by atoms with Crippen LogP contribution in [0.15, 0.2) is 47.4 Å². The Balaban J connectivity index is 1.63. The lowest BCUT2D eigenvalue weighted by Gasteiger charge is -2.26. The molecular weight excluding hydrogens is 474 g/mol. The van der Waals surface area contributed by atoms with Crippen molar-refractivity contribution in [3.63, 3.8) is 0 Å². The SMILES string of the molecule is CN(c1ccc2c(c1)nc(C(C)(C)C)n2CC1CCCCC1)S(=O)(=O)c1ccc(NCC(N)=O)cc1. The van der Waals surface area contributed by atoms with E-state index >= 15 is 0 Å². The summed E-state index contributed by atoms with van der Waals surface area (Å²) in [6.45, 7) is 7.45. The van der Waals surface area contributed by atoms with Crippen LogP contribution in [0, 0.1) is 5.92 Å². The Labute approximate surface area is 213 Å². The van der Waals surface area contributed by atoms with Crippen molar-refractivity contribution in [1.29, 1.82) is 0 Å². The molecule has 0 atom stereocenters. The van der Waals surface area contributed by atoms with Gasteiger partial charge in [0.1, 0.15) is 5.82 Å². The molecule has 1 amide bonds. The minimum absolute atomic E-state index is 0.0179. The molecule has 1 saturated carbocycles. The van der Waals surface area contributed by atoms with E-state index in [1.165, 1.54) is 48.5 Å². The van der Waals surface area contributed by atoms with Gasteiger partial charge in [-0.15, -0.1) is 0 Å². The van der Waals surface area contributed by atoms with Crippen LogP contribution < -0.4 is 15.4 Å². The van der Waals surface area contributed by atoms with E-state index in [-0.39, 0.29) is 16.9 Å². The number of hydrogen-bond acceptors (Lipinski definition) is 5. The molecule has 0 saturated heterocycles. The van der Waals surface area contributed by atoms with Gasteiger partial charge in [-0.2, -0.15) is 0 Å². The summed E-state index contributed by atoms with van der Waals surface area (Å²) in [4.78, 5) is 16.1. The van der Waals surface area contributed by atoms with Gasteiger partial charge in [-0.1, -0.05) is 40.0 Å². The van der Waals surface area contributed by atoms with Crippen LogP contribution in [0.3, 0.4) is 0 Å². The summed E-state index contributed by atoms with van der Waals surface area (Å²) < 4.78 is 30.3. The number of rotatable bonds is 8. The summed E-state index contributed by atoms with van der Waals surface area (Å²) in [7, 11) is -2.23. The quantitative estimate of drug-likeness (QED) is 0.458. The predicted octanol–water partition coefficient (Wildman–Crippen LogP) is 4.64. The molecule has 1 heterocycles. The smallest absolute Gasteiger partial charge is 0.264 e. The van der Waals surface area contributed by atoms with E-state index in [0.29, 0.717) is 17.3 Å². The molecular formula is C27H37N5O3S. The molecule has 0 spiro atoms. The van der Waals surface area contributed by atoms with E-state index in [1.54, 1.807) is 19.2 Å². The van der Waals surface area contributed by atoms with Gasteiger partial charge in [0.15, 0.2) is 0 Å². The first-order valence-electron chi connectivity index (χ1n) is 12.6. The molecule has 3 aromatic rings. The van der Waals surface area contributed by atoms with Gasteiger partial charge in [0.05, 0.1) is 28.2 Å². The summed E-state index contributed by atoms with van der Waals surface area (Å²) >= 11 is 0. The van der Waals surface area contributed by atoms with E-state index in [9.17, 15) is 13.2 Å². The standard InChI is InChI=1S/C27H37N5O3S/c1-27(2,3)26-30-23-16-21(12-15-24(23)32(26)18-19-8-6-5-7-9-19)31(4)36(34,35)22-13-10-20(11-14-22)29-17-25(28)33/h10-16,19,29H,5-9,17-18H2,1-4H3,(H2,28,33). The van der Waals surface area contributed by atoms with Gasteiger partial charge in [-0.05, 0) is 61.2 Å². The fourth-order valence-corrected chi connectivity index (χ4v) is 6.12. The molecule has 1 aliphatic rings. The number of benzene rings is 2. The van der Waals surface area contributed by atoms with Gasteiger partial charge < -0.3 is 15.6 Å². The van der Waals surface area contributed by atoms with Crippen molar-refractivity contribution >= 4 is 38.3 Å².